The quantitative estimate of drug-likeness (QED) is 0.187. The van der Waals surface area contributed by atoms with E-state index in [9.17, 15) is 0 Å². The second kappa shape index (κ2) is 10.5. The first-order valence-electron chi connectivity index (χ1n) is 12.1. The van der Waals surface area contributed by atoms with E-state index in [1.807, 2.05) is 17.3 Å². The van der Waals surface area contributed by atoms with Crippen LogP contribution in [0.25, 0.3) is 21.8 Å². The van der Waals surface area contributed by atoms with E-state index in [1.165, 1.54) is 47.5 Å². The molecule has 32 heavy (non-hydrogen) atoms. The van der Waals surface area contributed by atoms with Gasteiger partial charge < -0.3 is 4.57 Å². The minimum Gasteiger partial charge on any atom is -0.340 e. The van der Waals surface area contributed by atoms with Crippen molar-refractivity contribution in [3.63, 3.8) is 0 Å². The van der Waals surface area contributed by atoms with E-state index in [1.54, 1.807) is 0 Å². The summed E-state index contributed by atoms with van der Waals surface area (Å²) in [6.07, 6.45) is 7.09. The summed E-state index contributed by atoms with van der Waals surface area (Å²) in [5.74, 6) is 0.721. The molecule has 3 heteroatoms. The Hall–Kier alpha value is -3.07. The van der Waals surface area contributed by atoms with Gasteiger partial charge in [0, 0.05) is 34.9 Å². The lowest BCUT2D eigenvalue weighted by Gasteiger charge is -2.17. The van der Waals surface area contributed by atoms with Crippen LogP contribution in [0.5, 0.6) is 0 Å². The molecular weight excluding hydrogens is 390 g/mol. The van der Waals surface area contributed by atoms with E-state index in [0.29, 0.717) is 0 Å². The highest BCUT2D eigenvalue weighted by atomic mass is 15.4. The SMILES string of the molecule is CCCCC(CC)Cn1c2ccccc2c2cc(/C=N/N(CC)c3ccccc3)ccc21. The first-order valence-corrected chi connectivity index (χ1v) is 12.1. The summed E-state index contributed by atoms with van der Waals surface area (Å²) >= 11 is 0. The Kier molecular flexibility index (Phi) is 7.26. The first-order chi connectivity index (χ1) is 15.7. The van der Waals surface area contributed by atoms with Crippen LogP contribution < -0.4 is 5.01 Å². The minimum atomic E-state index is 0.721. The van der Waals surface area contributed by atoms with Gasteiger partial charge in [-0.2, -0.15) is 5.10 Å². The van der Waals surface area contributed by atoms with Gasteiger partial charge in [0.05, 0.1) is 11.9 Å². The van der Waals surface area contributed by atoms with Crippen LogP contribution in [0.2, 0.25) is 0 Å². The number of benzene rings is 3. The van der Waals surface area contributed by atoms with Crippen molar-refractivity contribution in [3.05, 3.63) is 78.4 Å². The molecular formula is C29H35N3. The average Bonchev–Trinajstić information content (AvgIpc) is 3.15. The summed E-state index contributed by atoms with van der Waals surface area (Å²) in [6.45, 7) is 8.66. The topological polar surface area (TPSA) is 20.5 Å². The zero-order valence-corrected chi connectivity index (χ0v) is 19.7. The van der Waals surface area contributed by atoms with E-state index < -0.39 is 0 Å². The van der Waals surface area contributed by atoms with E-state index in [0.717, 1.165) is 30.3 Å². The van der Waals surface area contributed by atoms with Crippen molar-refractivity contribution in [2.24, 2.45) is 11.0 Å². The molecule has 1 atom stereocenters. The molecule has 3 nitrogen and oxygen atoms in total. The highest BCUT2D eigenvalue weighted by Crippen LogP contribution is 2.31. The van der Waals surface area contributed by atoms with Crippen LogP contribution in [0.1, 0.15) is 52.0 Å². The van der Waals surface area contributed by atoms with Crippen LogP contribution in [-0.2, 0) is 6.54 Å². The fourth-order valence-electron chi connectivity index (χ4n) is 4.59. The predicted molar refractivity (Wildman–Crippen MR) is 140 cm³/mol. The van der Waals surface area contributed by atoms with Gasteiger partial charge in [-0.25, -0.2) is 0 Å². The van der Waals surface area contributed by atoms with Gasteiger partial charge in [0.2, 0.25) is 0 Å². The number of hydrazone groups is 1. The Bertz CT molecular complexity index is 1170. The molecule has 0 bridgehead atoms. The van der Waals surface area contributed by atoms with Crippen LogP contribution in [0.3, 0.4) is 0 Å². The third kappa shape index (κ3) is 4.72. The molecule has 0 aliphatic carbocycles. The number of fused-ring (bicyclic) bond motifs is 3. The number of nitrogens with zero attached hydrogens (tertiary/aromatic N) is 3. The second-order valence-electron chi connectivity index (χ2n) is 8.62. The lowest BCUT2D eigenvalue weighted by atomic mass is 9.99. The Morgan fingerprint density at radius 3 is 2.38 bits per heavy atom. The molecule has 0 N–H and O–H groups in total. The Morgan fingerprint density at radius 2 is 1.62 bits per heavy atom. The fraction of sp³-hybridized carbons (Fsp3) is 0.345. The van der Waals surface area contributed by atoms with Gasteiger partial charge in [-0.05, 0) is 55.2 Å². The smallest absolute Gasteiger partial charge is 0.0593 e. The molecule has 1 unspecified atom stereocenters. The zero-order chi connectivity index (χ0) is 22.3. The third-order valence-corrected chi connectivity index (χ3v) is 6.48. The van der Waals surface area contributed by atoms with Gasteiger partial charge in [0.25, 0.3) is 0 Å². The third-order valence-electron chi connectivity index (χ3n) is 6.48. The number of para-hydroxylation sites is 2. The largest absolute Gasteiger partial charge is 0.340 e. The van der Waals surface area contributed by atoms with E-state index in [2.05, 4.69) is 92.1 Å². The number of rotatable bonds is 10. The van der Waals surface area contributed by atoms with Crippen LogP contribution >= 0.6 is 0 Å². The van der Waals surface area contributed by atoms with Crippen molar-refractivity contribution in [2.45, 2.75) is 53.0 Å². The second-order valence-corrected chi connectivity index (χ2v) is 8.62. The summed E-state index contributed by atoms with van der Waals surface area (Å²) in [5.41, 5.74) is 4.91. The Morgan fingerprint density at radius 1 is 0.875 bits per heavy atom. The molecule has 0 aliphatic rings. The number of unbranched alkanes of at least 4 members (excludes halogenated alkanes) is 1. The maximum Gasteiger partial charge on any atom is 0.0593 e. The lowest BCUT2D eigenvalue weighted by Crippen LogP contribution is -2.15. The standard InChI is InChI=1S/C29H35N3/c1-4-7-13-23(5-2)22-31-28-17-12-11-16-26(28)27-20-24(18-19-29(27)31)21-30-32(6-3)25-14-9-8-10-15-25/h8-12,14-21,23H,4-7,13,22H2,1-3H3/b30-21+. The van der Waals surface area contributed by atoms with Crippen molar-refractivity contribution in [1.29, 1.82) is 0 Å². The Balaban J connectivity index is 1.69. The van der Waals surface area contributed by atoms with Gasteiger partial charge in [0.1, 0.15) is 0 Å². The summed E-state index contributed by atoms with van der Waals surface area (Å²) in [6, 6.07) is 25.9. The molecule has 4 aromatic rings. The zero-order valence-electron chi connectivity index (χ0n) is 19.7. The molecule has 0 saturated carbocycles. The van der Waals surface area contributed by atoms with Crippen molar-refractivity contribution >= 4 is 33.7 Å². The van der Waals surface area contributed by atoms with Gasteiger partial charge in [-0.3, -0.25) is 5.01 Å². The normalized spacial score (nSPS) is 12.7. The summed E-state index contributed by atoms with van der Waals surface area (Å²) in [7, 11) is 0. The van der Waals surface area contributed by atoms with Gasteiger partial charge in [-0.1, -0.05) is 75.6 Å². The molecule has 166 valence electrons. The first kappa shape index (κ1) is 22.1. The summed E-state index contributed by atoms with van der Waals surface area (Å²) < 4.78 is 2.54. The van der Waals surface area contributed by atoms with E-state index in [4.69, 9.17) is 5.10 Å². The van der Waals surface area contributed by atoms with E-state index >= 15 is 0 Å². The van der Waals surface area contributed by atoms with Crippen molar-refractivity contribution in [2.75, 3.05) is 11.6 Å². The molecule has 4 rings (SSSR count). The monoisotopic (exact) mass is 425 g/mol. The maximum absolute atomic E-state index is 4.77. The van der Waals surface area contributed by atoms with Crippen LogP contribution in [-0.4, -0.2) is 17.3 Å². The van der Waals surface area contributed by atoms with E-state index in [-0.39, 0.29) is 0 Å². The molecule has 1 heterocycles. The molecule has 0 aliphatic heterocycles. The molecule has 0 amide bonds. The van der Waals surface area contributed by atoms with Crippen LogP contribution in [0.15, 0.2) is 77.9 Å². The lowest BCUT2D eigenvalue weighted by molar-refractivity contribution is 0.401. The molecule has 0 saturated heterocycles. The number of hydrogen-bond acceptors (Lipinski definition) is 2. The van der Waals surface area contributed by atoms with Crippen molar-refractivity contribution < 1.29 is 0 Å². The number of hydrogen-bond donors (Lipinski definition) is 0. The van der Waals surface area contributed by atoms with Crippen molar-refractivity contribution in [3.8, 4) is 0 Å². The average molecular weight is 426 g/mol. The highest BCUT2D eigenvalue weighted by Gasteiger charge is 2.14. The highest BCUT2D eigenvalue weighted by molar-refractivity contribution is 6.09. The number of anilines is 1. The fourth-order valence-corrected chi connectivity index (χ4v) is 4.59. The van der Waals surface area contributed by atoms with Gasteiger partial charge in [0.15, 0.2) is 0 Å². The molecule has 1 aromatic heterocycles. The Labute approximate surface area is 192 Å². The van der Waals surface area contributed by atoms with Gasteiger partial charge in [-0.15, -0.1) is 0 Å². The molecule has 3 aromatic carbocycles. The molecule has 0 fully saturated rings. The molecule has 0 spiro atoms. The molecule has 0 radical (unpaired) electrons. The maximum atomic E-state index is 4.77. The predicted octanol–water partition coefficient (Wildman–Crippen LogP) is 7.87. The summed E-state index contributed by atoms with van der Waals surface area (Å²) in [5, 5.41) is 9.46. The van der Waals surface area contributed by atoms with Crippen molar-refractivity contribution in [1.82, 2.24) is 4.57 Å². The van der Waals surface area contributed by atoms with Crippen LogP contribution in [0.4, 0.5) is 5.69 Å². The van der Waals surface area contributed by atoms with Crippen LogP contribution in [0, 0.1) is 5.92 Å². The van der Waals surface area contributed by atoms with Gasteiger partial charge >= 0.3 is 0 Å². The number of aromatic nitrogens is 1. The summed E-state index contributed by atoms with van der Waals surface area (Å²) in [4.78, 5) is 0. The minimum absolute atomic E-state index is 0.721.